The molecule has 2 fully saturated rings. The molecule has 4 rings (SSSR count). The van der Waals surface area contributed by atoms with Gasteiger partial charge in [-0.05, 0) is 69.1 Å². The highest BCUT2D eigenvalue weighted by Crippen LogP contribution is 2.37. The third-order valence-electron chi connectivity index (χ3n) is 7.86. The first kappa shape index (κ1) is 37.1. The molecule has 1 saturated heterocycles. The summed E-state index contributed by atoms with van der Waals surface area (Å²) in [6.07, 6.45) is 12.0. The molecule has 232 valence electrons. The quantitative estimate of drug-likeness (QED) is 0.321. The second kappa shape index (κ2) is 17.9. The Morgan fingerprint density at radius 2 is 1.32 bits per heavy atom. The van der Waals surface area contributed by atoms with Crippen molar-refractivity contribution in [2.45, 2.75) is 143 Å². The number of benzene rings is 2. The van der Waals surface area contributed by atoms with Gasteiger partial charge >= 0.3 is 0 Å². The van der Waals surface area contributed by atoms with Crippen molar-refractivity contribution in [1.29, 1.82) is 0 Å². The summed E-state index contributed by atoms with van der Waals surface area (Å²) < 4.78 is 14.3. The molecular formula is C38H62FNO. The minimum Gasteiger partial charge on any atom is -0.385 e. The lowest BCUT2D eigenvalue weighted by atomic mass is 9.77. The zero-order valence-electron chi connectivity index (χ0n) is 28.2. The van der Waals surface area contributed by atoms with Gasteiger partial charge in [-0.15, -0.1) is 0 Å². The van der Waals surface area contributed by atoms with Crippen LogP contribution in [0.3, 0.4) is 0 Å². The van der Waals surface area contributed by atoms with Gasteiger partial charge in [0.2, 0.25) is 0 Å². The summed E-state index contributed by atoms with van der Waals surface area (Å²) in [4.78, 5) is 2.52. The van der Waals surface area contributed by atoms with Gasteiger partial charge < -0.3 is 5.11 Å². The summed E-state index contributed by atoms with van der Waals surface area (Å²) in [5, 5.41) is 11.3. The Labute approximate surface area is 253 Å². The van der Waals surface area contributed by atoms with E-state index in [0.29, 0.717) is 11.6 Å². The number of rotatable bonds is 8. The molecule has 1 aliphatic carbocycles. The maximum absolute atomic E-state index is 14.3. The Bertz CT molecular complexity index is 968. The summed E-state index contributed by atoms with van der Waals surface area (Å²) in [6, 6.07) is 18.4. The second-order valence-corrected chi connectivity index (χ2v) is 12.9. The molecule has 1 aliphatic heterocycles. The fourth-order valence-corrected chi connectivity index (χ4v) is 4.90. The number of alkyl halides is 1. The Kier molecular flexibility index (Phi) is 16.1. The van der Waals surface area contributed by atoms with Gasteiger partial charge in [-0.2, -0.15) is 0 Å². The predicted octanol–water partition coefficient (Wildman–Crippen LogP) is 10.9. The van der Waals surface area contributed by atoms with E-state index in [1.807, 2.05) is 56.3 Å². The standard InChI is InChI=1S/C29H40FNO.C4H10.C3H6.C2H6/c1-22(2)20-26(21-27(3,4)23-12-14-24(15-13-23)28(5,6)30)31-18-16-29(32,17-19-31)25-10-8-7-9-11-25;1-3-4-2;1-2-3-1;1-2/h7-15,20,26,32H,16-19,21H2,1-6H3;3-4H2,1-2H3;1-3H2;1-2H3. The third kappa shape index (κ3) is 13.3. The molecule has 1 atom stereocenters. The van der Waals surface area contributed by atoms with Gasteiger partial charge in [0, 0.05) is 19.1 Å². The summed E-state index contributed by atoms with van der Waals surface area (Å²) in [5.74, 6) is 0. The van der Waals surface area contributed by atoms with Gasteiger partial charge in [-0.25, -0.2) is 4.39 Å². The van der Waals surface area contributed by atoms with Crippen molar-refractivity contribution in [1.82, 2.24) is 4.90 Å². The van der Waals surface area contributed by atoms with E-state index in [0.717, 1.165) is 37.9 Å². The third-order valence-corrected chi connectivity index (χ3v) is 7.86. The van der Waals surface area contributed by atoms with Crippen molar-refractivity contribution in [3.05, 3.63) is 82.9 Å². The van der Waals surface area contributed by atoms with E-state index in [2.05, 4.69) is 64.7 Å². The van der Waals surface area contributed by atoms with E-state index in [1.54, 1.807) is 13.8 Å². The molecule has 0 spiro atoms. The Morgan fingerprint density at radius 3 is 1.71 bits per heavy atom. The van der Waals surface area contributed by atoms with E-state index in [1.165, 1.54) is 43.2 Å². The van der Waals surface area contributed by atoms with E-state index in [9.17, 15) is 9.50 Å². The summed E-state index contributed by atoms with van der Waals surface area (Å²) in [5.41, 5.74) is 2.17. The van der Waals surface area contributed by atoms with E-state index >= 15 is 0 Å². The largest absolute Gasteiger partial charge is 0.385 e. The van der Waals surface area contributed by atoms with Gasteiger partial charge in [-0.3, -0.25) is 4.90 Å². The monoisotopic (exact) mass is 567 g/mol. The number of hydrogen-bond donors (Lipinski definition) is 1. The zero-order valence-corrected chi connectivity index (χ0v) is 28.2. The van der Waals surface area contributed by atoms with Gasteiger partial charge in [0.15, 0.2) is 0 Å². The smallest absolute Gasteiger partial charge is 0.130 e. The molecule has 0 amide bonds. The SMILES string of the molecule is C1CC1.CC.CC(C)=CC(CC(C)(C)c1ccc(C(C)(C)F)cc1)N1CCC(O)(c2ccccc2)CC1.CCCC. The molecule has 0 bridgehead atoms. The Balaban J connectivity index is 0.000000813. The van der Waals surface area contributed by atoms with Crippen LogP contribution in [0.2, 0.25) is 0 Å². The number of halogens is 1. The van der Waals surface area contributed by atoms with Crippen molar-refractivity contribution in [3.63, 3.8) is 0 Å². The Morgan fingerprint density at radius 1 is 0.854 bits per heavy atom. The summed E-state index contributed by atoms with van der Waals surface area (Å²) in [6.45, 7) is 22.2. The lowest BCUT2D eigenvalue weighted by Crippen LogP contribution is -2.48. The molecule has 2 aliphatic rings. The highest BCUT2D eigenvalue weighted by molar-refractivity contribution is 5.31. The topological polar surface area (TPSA) is 23.5 Å². The average molecular weight is 568 g/mol. The number of aliphatic hydroxyl groups is 1. The molecular weight excluding hydrogens is 505 g/mol. The minimum absolute atomic E-state index is 0.0528. The van der Waals surface area contributed by atoms with Crippen LogP contribution in [-0.4, -0.2) is 29.1 Å². The molecule has 1 saturated carbocycles. The van der Waals surface area contributed by atoms with Crippen LogP contribution < -0.4 is 0 Å². The summed E-state index contributed by atoms with van der Waals surface area (Å²) in [7, 11) is 0. The number of allylic oxidation sites excluding steroid dienone is 1. The predicted molar refractivity (Wildman–Crippen MR) is 178 cm³/mol. The number of hydrogen-bond acceptors (Lipinski definition) is 2. The van der Waals surface area contributed by atoms with Gasteiger partial charge in [0.1, 0.15) is 5.67 Å². The van der Waals surface area contributed by atoms with E-state index < -0.39 is 11.3 Å². The lowest BCUT2D eigenvalue weighted by Gasteiger charge is -2.43. The van der Waals surface area contributed by atoms with Gasteiger partial charge in [0.05, 0.1) is 5.60 Å². The second-order valence-electron chi connectivity index (χ2n) is 12.9. The van der Waals surface area contributed by atoms with Crippen molar-refractivity contribution in [2.24, 2.45) is 0 Å². The number of unbranched alkanes of at least 4 members (excludes halogenated alkanes) is 1. The maximum atomic E-state index is 14.3. The van der Waals surface area contributed by atoms with Crippen molar-refractivity contribution < 1.29 is 9.50 Å². The van der Waals surface area contributed by atoms with Crippen LogP contribution in [0.1, 0.15) is 137 Å². The van der Waals surface area contributed by atoms with Crippen LogP contribution in [-0.2, 0) is 16.7 Å². The summed E-state index contributed by atoms with van der Waals surface area (Å²) >= 11 is 0. The molecule has 2 nitrogen and oxygen atoms in total. The Hall–Kier alpha value is -1.97. The number of nitrogens with zero attached hydrogens (tertiary/aromatic N) is 1. The normalized spacial score (nSPS) is 16.9. The number of likely N-dealkylation sites (tertiary alicyclic amines) is 1. The molecule has 2 aromatic rings. The molecule has 1 unspecified atom stereocenters. The van der Waals surface area contributed by atoms with Gasteiger partial charge in [0.25, 0.3) is 0 Å². The first-order valence-electron chi connectivity index (χ1n) is 16.3. The van der Waals surface area contributed by atoms with E-state index in [-0.39, 0.29) is 5.41 Å². The fourth-order valence-electron chi connectivity index (χ4n) is 4.90. The van der Waals surface area contributed by atoms with Crippen molar-refractivity contribution in [3.8, 4) is 0 Å². The fraction of sp³-hybridized carbons (Fsp3) is 0.632. The molecule has 0 radical (unpaired) electrons. The molecule has 1 N–H and O–H groups in total. The lowest BCUT2D eigenvalue weighted by molar-refractivity contribution is -0.0334. The van der Waals surface area contributed by atoms with E-state index in [4.69, 9.17) is 0 Å². The zero-order chi connectivity index (χ0) is 31.1. The molecule has 41 heavy (non-hydrogen) atoms. The molecule has 0 aromatic heterocycles. The van der Waals surface area contributed by atoms with Crippen LogP contribution in [0.25, 0.3) is 0 Å². The highest BCUT2D eigenvalue weighted by atomic mass is 19.1. The minimum atomic E-state index is -1.32. The highest BCUT2D eigenvalue weighted by Gasteiger charge is 2.37. The maximum Gasteiger partial charge on any atom is 0.130 e. The first-order valence-corrected chi connectivity index (χ1v) is 16.3. The van der Waals surface area contributed by atoms with Crippen LogP contribution in [0.15, 0.2) is 66.2 Å². The van der Waals surface area contributed by atoms with Crippen LogP contribution in [0.5, 0.6) is 0 Å². The number of piperidine rings is 1. The van der Waals surface area contributed by atoms with Crippen LogP contribution in [0.4, 0.5) is 4.39 Å². The van der Waals surface area contributed by atoms with Crippen molar-refractivity contribution in [2.75, 3.05) is 13.1 Å². The first-order chi connectivity index (χ1) is 19.3. The van der Waals surface area contributed by atoms with Crippen LogP contribution >= 0.6 is 0 Å². The van der Waals surface area contributed by atoms with Gasteiger partial charge in [-0.1, -0.05) is 140 Å². The average Bonchev–Trinajstić information content (AvgIpc) is 3.84. The van der Waals surface area contributed by atoms with Crippen LogP contribution in [0, 0.1) is 0 Å². The molecule has 3 heteroatoms. The van der Waals surface area contributed by atoms with Crippen molar-refractivity contribution >= 4 is 0 Å². The molecule has 2 aromatic carbocycles. The molecule has 1 heterocycles.